The van der Waals surface area contributed by atoms with Crippen LogP contribution in [0.25, 0.3) is 0 Å². The monoisotopic (exact) mass is 486 g/mol. The first kappa shape index (κ1) is 26.9. The van der Waals surface area contributed by atoms with Gasteiger partial charge in [0.15, 0.2) is 5.78 Å². The molecule has 0 aromatic carbocycles. The van der Waals surface area contributed by atoms with Crippen molar-refractivity contribution in [2.24, 2.45) is 46.3 Å². The van der Waals surface area contributed by atoms with E-state index in [0.29, 0.717) is 24.0 Å². The first-order valence-corrected chi connectivity index (χ1v) is 14.4. The van der Waals surface area contributed by atoms with Gasteiger partial charge in [0.1, 0.15) is 0 Å². The minimum atomic E-state index is -0.629. The van der Waals surface area contributed by atoms with Gasteiger partial charge in [0.25, 0.3) is 0 Å². The Morgan fingerprint density at radius 1 is 1.03 bits per heavy atom. The molecule has 4 nitrogen and oxygen atoms in total. The molecule has 1 heterocycles. The SMILES string of the molecule is CC(=O)O[C@@H]1CC[C@@]2(C)C(=CC(=O)[C@H]3[C@@H]4CC[C@H]([C@H](C)CCCC(C)C)[C@@]4(C)CC[C@@H]32)C(C)(C)O1. The van der Waals surface area contributed by atoms with Crippen LogP contribution in [0.2, 0.25) is 0 Å². The third-order valence-corrected chi connectivity index (χ3v) is 10.8. The van der Waals surface area contributed by atoms with E-state index < -0.39 is 11.9 Å². The van der Waals surface area contributed by atoms with Gasteiger partial charge in [-0.3, -0.25) is 9.59 Å². The summed E-state index contributed by atoms with van der Waals surface area (Å²) in [6.45, 7) is 17.6. The molecule has 0 aromatic heterocycles. The van der Waals surface area contributed by atoms with Crippen LogP contribution in [0, 0.1) is 46.3 Å². The van der Waals surface area contributed by atoms with Crippen molar-refractivity contribution < 1.29 is 19.1 Å². The lowest BCUT2D eigenvalue weighted by molar-refractivity contribution is -0.196. The Balaban J connectivity index is 1.59. The highest BCUT2D eigenvalue weighted by molar-refractivity contribution is 5.95. The van der Waals surface area contributed by atoms with Gasteiger partial charge in [-0.25, -0.2) is 0 Å². The number of fused-ring (bicyclic) bond motifs is 5. The fourth-order valence-corrected chi connectivity index (χ4v) is 9.20. The fourth-order valence-electron chi connectivity index (χ4n) is 9.20. The van der Waals surface area contributed by atoms with Gasteiger partial charge in [0.05, 0.1) is 5.60 Å². The molecule has 0 aromatic rings. The molecular weight excluding hydrogens is 436 g/mol. The second-order valence-electron chi connectivity index (χ2n) is 13.9. The Kier molecular flexibility index (Phi) is 7.39. The highest BCUT2D eigenvalue weighted by Gasteiger charge is 2.62. The Bertz CT molecular complexity index is 856. The molecule has 4 heteroatoms. The zero-order chi connectivity index (χ0) is 25.8. The van der Waals surface area contributed by atoms with Gasteiger partial charge in [-0.2, -0.15) is 0 Å². The van der Waals surface area contributed by atoms with E-state index in [2.05, 4.69) is 34.6 Å². The number of hydrogen-bond acceptors (Lipinski definition) is 4. The molecule has 0 bridgehead atoms. The summed E-state index contributed by atoms with van der Waals surface area (Å²) in [5.74, 6) is 3.21. The molecule has 0 spiro atoms. The molecule has 8 atom stereocenters. The lowest BCUT2D eigenvalue weighted by atomic mass is 9.47. The van der Waals surface area contributed by atoms with Crippen molar-refractivity contribution >= 4 is 11.8 Å². The molecule has 3 aliphatic carbocycles. The maximum absolute atomic E-state index is 13.9. The predicted octanol–water partition coefficient (Wildman–Crippen LogP) is 7.50. The minimum Gasteiger partial charge on any atom is -0.436 e. The van der Waals surface area contributed by atoms with Crippen molar-refractivity contribution in [3.05, 3.63) is 11.6 Å². The number of allylic oxidation sites excluding steroid dienone is 1. The van der Waals surface area contributed by atoms with Crippen molar-refractivity contribution in [1.82, 2.24) is 0 Å². The van der Waals surface area contributed by atoms with Crippen LogP contribution < -0.4 is 0 Å². The van der Waals surface area contributed by atoms with Gasteiger partial charge < -0.3 is 9.47 Å². The summed E-state index contributed by atoms with van der Waals surface area (Å²) >= 11 is 0. The zero-order valence-electron chi connectivity index (χ0n) is 23.6. The topological polar surface area (TPSA) is 52.6 Å². The Hall–Kier alpha value is -1.16. The number of ether oxygens (including phenoxy) is 2. The van der Waals surface area contributed by atoms with Gasteiger partial charge in [-0.1, -0.05) is 53.9 Å². The van der Waals surface area contributed by atoms with Crippen LogP contribution in [0.3, 0.4) is 0 Å². The van der Waals surface area contributed by atoms with Crippen LogP contribution in [0.4, 0.5) is 0 Å². The van der Waals surface area contributed by atoms with E-state index in [1.807, 2.05) is 19.9 Å². The molecule has 0 N–H and O–H groups in total. The summed E-state index contributed by atoms with van der Waals surface area (Å²) in [4.78, 5) is 25.6. The fraction of sp³-hybridized carbons (Fsp3) is 0.871. The van der Waals surface area contributed by atoms with Crippen LogP contribution in [0.5, 0.6) is 0 Å². The van der Waals surface area contributed by atoms with Crippen LogP contribution in [0.15, 0.2) is 11.6 Å². The van der Waals surface area contributed by atoms with E-state index >= 15 is 0 Å². The second kappa shape index (κ2) is 9.62. The van der Waals surface area contributed by atoms with Crippen LogP contribution in [-0.2, 0) is 19.1 Å². The molecule has 2 saturated carbocycles. The van der Waals surface area contributed by atoms with Crippen molar-refractivity contribution in [3.8, 4) is 0 Å². The number of esters is 1. The average Bonchev–Trinajstić information content (AvgIpc) is 3.06. The predicted molar refractivity (Wildman–Crippen MR) is 140 cm³/mol. The van der Waals surface area contributed by atoms with Crippen molar-refractivity contribution in [2.75, 3.05) is 0 Å². The van der Waals surface area contributed by atoms with E-state index in [0.717, 1.165) is 36.2 Å². The molecule has 1 aliphatic heterocycles. The lowest BCUT2D eigenvalue weighted by Crippen LogP contribution is -2.54. The molecule has 1 saturated heterocycles. The maximum atomic E-state index is 13.9. The summed E-state index contributed by atoms with van der Waals surface area (Å²) < 4.78 is 11.8. The van der Waals surface area contributed by atoms with Gasteiger partial charge in [-0.15, -0.1) is 0 Å². The van der Waals surface area contributed by atoms with Gasteiger partial charge in [0.2, 0.25) is 6.29 Å². The quantitative estimate of drug-likeness (QED) is 0.365. The second-order valence-corrected chi connectivity index (χ2v) is 13.9. The van der Waals surface area contributed by atoms with Crippen molar-refractivity contribution in [2.45, 2.75) is 125 Å². The van der Waals surface area contributed by atoms with Gasteiger partial charge >= 0.3 is 5.97 Å². The molecule has 4 aliphatic rings. The Labute approximate surface area is 214 Å². The summed E-state index contributed by atoms with van der Waals surface area (Å²) in [7, 11) is 0. The third kappa shape index (κ3) is 4.78. The molecule has 35 heavy (non-hydrogen) atoms. The Morgan fingerprint density at radius 3 is 2.40 bits per heavy atom. The zero-order valence-corrected chi connectivity index (χ0v) is 23.6. The van der Waals surface area contributed by atoms with Gasteiger partial charge in [-0.05, 0) is 98.0 Å². The maximum Gasteiger partial charge on any atom is 0.304 e. The van der Waals surface area contributed by atoms with Crippen LogP contribution in [0.1, 0.15) is 113 Å². The first-order chi connectivity index (χ1) is 16.3. The van der Waals surface area contributed by atoms with E-state index in [9.17, 15) is 9.59 Å². The van der Waals surface area contributed by atoms with E-state index in [1.54, 1.807) is 0 Å². The largest absolute Gasteiger partial charge is 0.436 e. The van der Waals surface area contributed by atoms with E-state index in [1.165, 1.54) is 45.4 Å². The number of carbonyl (C=O) groups excluding carboxylic acids is 2. The smallest absolute Gasteiger partial charge is 0.304 e. The number of carbonyl (C=O) groups is 2. The molecule has 3 fully saturated rings. The highest BCUT2D eigenvalue weighted by Crippen LogP contribution is 2.67. The first-order valence-electron chi connectivity index (χ1n) is 14.4. The Morgan fingerprint density at radius 2 is 1.74 bits per heavy atom. The number of rotatable bonds is 6. The molecular formula is C31H50O4. The molecule has 0 radical (unpaired) electrons. The summed E-state index contributed by atoms with van der Waals surface area (Å²) in [5.41, 5.74) is 0.660. The molecule has 4 rings (SSSR count). The van der Waals surface area contributed by atoms with Crippen molar-refractivity contribution in [3.63, 3.8) is 0 Å². The molecule has 0 amide bonds. The van der Waals surface area contributed by atoms with E-state index in [-0.39, 0.29) is 22.7 Å². The average molecular weight is 487 g/mol. The lowest BCUT2D eigenvalue weighted by Gasteiger charge is -2.57. The number of hydrogen-bond donors (Lipinski definition) is 0. The van der Waals surface area contributed by atoms with Crippen LogP contribution >= 0.6 is 0 Å². The van der Waals surface area contributed by atoms with E-state index in [4.69, 9.17) is 9.47 Å². The number of ketones is 1. The third-order valence-electron chi connectivity index (χ3n) is 10.8. The summed E-state index contributed by atoms with van der Waals surface area (Å²) in [5, 5.41) is 0. The summed E-state index contributed by atoms with van der Waals surface area (Å²) in [6, 6.07) is 0. The van der Waals surface area contributed by atoms with Crippen molar-refractivity contribution in [1.29, 1.82) is 0 Å². The highest BCUT2D eigenvalue weighted by atomic mass is 16.7. The normalized spacial score (nSPS) is 41.3. The van der Waals surface area contributed by atoms with Crippen LogP contribution in [-0.4, -0.2) is 23.6 Å². The molecule has 0 unspecified atom stereocenters. The standard InChI is InChI=1S/C31H50O4/c1-19(2)10-9-11-20(3)22-12-13-23-28-24(14-16-30(22,23)7)31(8)17-15-27(34-21(4)32)35-29(5,6)26(31)18-25(28)33/h18-20,22-24,27-28H,9-17H2,1-8H3/t20-,22-,23+,24+,27+,28+,30-,31-/m1/s1. The summed E-state index contributed by atoms with van der Waals surface area (Å²) in [6.07, 6.45) is 11.8. The molecule has 198 valence electrons. The van der Waals surface area contributed by atoms with Gasteiger partial charge in [0, 0.05) is 19.3 Å². The minimum absolute atomic E-state index is 0.0979.